The molecule has 1 amide bonds. The molecule has 1 aromatic carbocycles. The van der Waals surface area contributed by atoms with Gasteiger partial charge in [0.25, 0.3) is 5.91 Å². The second-order valence-corrected chi connectivity index (χ2v) is 6.33. The van der Waals surface area contributed by atoms with Crippen molar-refractivity contribution >= 4 is 23.2 Å². The Hall–Kier alpha value is -2.34. The van der Waals surface area contributed by atoms with Crippen LogP contribution in [-0.4, -0.2) is 25.1 Å². The standard InChI is InChI=1S/C18H21NO4S/c1-12(2)23-17(20)10-16(13-4-6-15(22-3)7-5-13)19-18(21)14-8-9-24-11-14/h4-9,11-12,16H,10H2,1-3H3,(H,19,21)/t16-/m1/s1. The van der Waals surface area contributed by atoms with Crippen molar-refractivity contribution in [2.75, 3.05) is 7.11 Å². The van der Waals surface area contributed by atoms with Crippen LogP contribution in [0.5, 0.6) is 5.75 Å². The maximum Gasteiger partial charge on any atom is 0.308 e. The molecule has 0 aliphatic carbocycles. The molecule has 0 fully saturated rings. The minimum absolute atomic E-state index is 0.0698. The lowest BCUT2D eigenvalue weighted by Gasteiger charge is -2.19. The number of thiophene rings is 1. The molecule has 2 aromatic rings. The Balaban J connectivity index is 2.16. The summed E-state index contributed by atoms with van der Waals surface area (Å²) < 4.78 is 10.4. The number of hydrogen-bond donors (Lipinski definition) is 1. The highest BCUT2D eigenvalue weighted by Crippen LogP contribution is 2.22. The molecule has 6 heteroatoms. The zero-order valence-electron chi connectivity index (χ0n) is 13.9. The highest BCUT2D eigenvalue weighted by Gasteiger charge is 2.21. The quantitative estimate of drug-likeness (QED) is 0.778. The summed E-state index contributed by atoms with van der Waals surface area (Å²) in [6.45, 7) is 3.59. The summed E-state index contributed by atoms with van der Waals surface area (Å²) in [5, 5.41) is 6.51. The molecule has 128 valence electrons. The number of carbonyl (C=O) groups is 2. The Labute approximate surface area is 145 Å². The Morgan fingerprint density at radius 2 is 1.88 bits per heavy atom. The number of hydrogen-bond acceptors (Lipinski definition) is 5. The van der Waals surface area contributed by atoms with Gasteiger partial charge in [-0.25, -0.2) is 0 Å². The van der Waals surface area contributed by atoms with Crippen LogP contribution in [0, 0.1) is 0 Å². The Morgan fingerprint density at radius 1 is 1.17 bits per heavy atom. The molecule has 1 aromatic heterocycles. The molecule has 0 aliphatic heterocycles. The highest BCUT2D eigenvalue weighted by atomic mass is 32.1. The van der Waals surface area contributed by atoms with Crippen molar-refractivity contribution in [2.45, 2.75) is 32.4 Å². The molecule has 0 saturated heterocycles. The molecular formula is C18H21NO4S. The van der Waals surface area contributed by atoms with Gasteiger partial charge in [-0.05, 0) is 43.0 Å². The van der Waals surface area contributed by atoms with Gasteiger partial charge in [0.1, 0.15) is 5.75 Å². The molecule has 0 bridgehead atoms. The second-order valence-electron chi connectivity index (χ2n) is 5.55. The van der Waals surface area contributed by atoms with Crippen LogP contribution in [0.4, 0.5) is 0 Å². The van der Waals surface area contributed by atoms with E-state index in [2.05, 4.69) is 5.32 Å². The minimum Gasteiger partial charge on any atom is -0.497 e. The fraction of sp³-hybridized carbons (Fsp3) is 0.333. The zero-order valence-corrected chi connectivity index (χ0v) is 14.8. The predicted octanol–water partition coefficient (Wildman–Crippen LogP) is 3.57. The van der Waals surface area contributed by atoms with E-state index in [1.807, 2.05) is 17.5 Å². The van der Waals surface area contributed by atoms with Gasteiger partial charge in [-0.2, -0.15) is 11.3 Å². The first kappa shape index (κ1) is 18.0. The van der Waals surface area contributed by atoms with Crippen LogP contribution < -0.4 is 10.1 Å². The van der Waals surface area contributed by atoms with Crippen LogP contribution >= 0.6 is 11.3 Å². The average Bonchev–Trinajstić information content (AvgIpc) is 3.08. The van der Waals surface area contributed by atoms with Gasteiger partial charge in [-0.1, -0.05) is 12.1 Å². The fourth-order valence-corrected chi connectivity index (χ4v) is 2.84. The van der Waals surface area contributed by atoms with Crippen LogP contribution in [0.15, 0.2) is 41.1 Å². The van der Waals surface area contributed by atoms with Crippen molar-refractivity contribution < 1.29 is 19.1 Å². The molecule has 0 unspecified atom stereocenters. The summed E-state index contributed by atoms with van der Waals surface area (Å²) in [5.74, 6) is 0.150. The van der Waals surface area contributed by atoms with Gasteiger partial charge in [0, 0.05) is 5.38 Å². The summed E-state index contributed by atoms with van der Waals surface area (Å²) in [5.41, 5.74) is 1.40. The van der Waals surface area contributed by atoms with Crippen LogP contribution in [-0.2, 0) is 9.53 Å². The van der Waals surface area contributed by atoms with Crippen LogP contribution in [0.3, 0.4) is 0 Å². The number of methoxy groups -OCH3 is 1. The molecule has 0 saturated carbocycles. The smallest absolute Gasteiger partial charge is 0.308 e. The number of esters is 1. The van der Waals surface area contributed by atoms with E-state index in [9.17, 15) is 9.59 Å². The SMILES string of the molecule is COc1ccc([C@@H](CC(=O)OC(C)C)NC(=O)c2ccsc2)cc1. The lowest BCUT2D eigenvalue weighted by molar-refractivity contribution is -0.147. The number of benzene rings is 1. The third-order valence-electron chi connectivity index (χ3n) is 3.34. The Morgan fingerprint density at radius 3 is 2.42 bits per heavy atom. The third kappa shape index (κ3) is 5.09. The fourth-order valence-electron chi connectivity index (χ4n) is 2.20. The maximum atomic E-state index is 12.3. The van der Waals surface area contributed by atoms with E-state index in [-0.39, 0.29) is 24.4 Å². The molecule has 0 spiro atoms. The Bertz CT molecular complexity index is 665. The monoisotopic (exact) mass is 347 g/mol. The summed E-state index contributed by atoms with van der Waals surface area (Å²) in [4.78, 5) is 24.4. The molecule has 5 nitrogen and oxygen atoms in total. The third-order valence-corrected chi connectivity index (χ3v) is 4.03. The van der Waals surface area contributed by atoms with Gasteiger partial charge in [0.2, 0.25) is 0 Å². The normalized spacial score (nSPS) is 11.8. The number of rotatable bonds is 7. The number of carbonyl (C=O) groups excluding carboxylic acids is 2. The largest absolute Gasteiger partial charge is 0.497 e. The average molecular weight is 347 g/mol. The van der Waals surface area contributed by atoms with Crippen molar-refractivity contribution in [3.63, 3.8) is 0 Å². The molecule has 0 aliphatic rings. The summed E-state index contributed by atoms with van der Waals surface area (Å²) in [7, 11) is 1.59. The van der Waals surface area contributed by atoms with Crippen molar-refractivity contribution in [3.05, 3.63) is 52.2 Å². The summed E-state index contributed by atoms with van der Waals surface area (Å²) in [6.07, 6.45) is -0.123. The molecule has 1 heterocycles. The number of nitrogens with one attached hydrogen (secondary N) is 1. The number of ether oxygens (including phenoxy) is 2. The van der Waals surface area contributed by atoms with Crippen molar-refractivity contribution in [3.8, 4) is 5.75 Å². The molecule has 1 atom stereocenters. The van der Waals surface area contributed by atoms with Crippen molar-refractivity contribution in [2.24, 2.45) is 0 Å². The first-order valence-electron chi connectivity index (χ1n) is 7.66. The highest BCUT2D eigenvalue weighted by molar-refractivity contribution is 7.08. The zero-order chi connectivity index (χ0) is 17.5. The topological polar surface area (TPSA) is 64.6 Å². The van der Waals surface area contributed by atoms with Crippen LogP contribution in [0.25, 0.3) is 0 Å². The predicted molar refractivity (Wildman–Crippen MR) is 93.4 cm³/mol. The second kappa shape index (κ2) is 8.49. The van der Waals surface area contributed by atoms with E-state index in [4.69, 9.17) is 9.47 Å². The van der Waals surface area contributed by atoms with Gasteiger partial charge in [-0.3, -0.25) is 9.59 Å². The first-order valence-corrected chi connectivity index (χ1v) is 8.60. The summed E-state index contributed by atoms with van der Waals surface area (Å²) in [6, 6.07) is 8.55. The minimum atomic E-state index is -0.463. The van der Waals surface area contributed by atoms with E-state index < -0.39 is 6.04 Å². The van der Waals surface area contributed by atoms with Gasteiger partial charge < -0.3 is 14.8 Å². The first-order chi connectivity index (χ1) is 11.5. The van der Waals surface area contributed by atoms with E-state index in [0.717, 1.165) is 5.56 Å². The number of amides is 1. The lowest BCUT2D eigenvalue weighted by atomic mass is 10.0. The molecule has 24 heavy (non-hydrogen) atoms. The van der Waals surface area contributed by atoms with E-state index in [0.29, 0.717) is 11.3 Å². The van der Waals surface area contributed by atoms with Gasteiger partial charge in [0.15, 0.2) is 0 Å². The van der Waals surface area contributed by atoms with E-state index in [1.54, 1.807) is 44.5 Å². The van der Waals surface area contributed by atoms with Crippen LogP contribution in [0.2, 0.25) is 0 Å². The van der Waals surface area contributed by atoms with Crippen LogP contribution in [0.1, 0.15) is 42.2 Å². The molecule has 2 rings (SSSR count). The van der Waals surface area contributed by atoms with Gasteiger partial charge >= 0.3 is 5.97 Å². The van der Waals surface area contributed by atoms with Crippen molar-refractivity contribution in [1.29, 1.82) is 0 Å². The van der Waals surface area contributed by atoms with Gasteiger partial charge in [-0.15, -0.1) is 0 Å². The lowest BCUT2D eigenvalue weighted by Crippen LogP contribution is -2.30. The van der Waals surface area contributed by atoms with Gasteiger partial charge in [0.05, 0.1) is 31.2 Å². The Kier molecular flexibility index (Phi) is 6.37. The van der Waals surface area contributed by atoms with E-state index >= 15 is 0 Å². The van der Waals surface area contributed by atoms with Crippen molar-refractivity contribution in [1.82, 2.24) is 5.32 Å². The molecular weight excluding hydrogens is 326 g/mol. The van der Waals surface area contributed by atoms with E-state index in [1.165, 1.54) is 11.3 Å². The summed E-state index contributed by atoms with van der Waals surface area (Å²) >= 11 is 1.45. The molecule has 0 radical (unpaired) electrons. The molecule has 1 N–H and O–H groups in total. The maximum absolute atomic E-state index is 12.3.